The monoisotopic (exact) mass is 238 g/mol. The summed E-state index contributed by atoms with van der Waals surface area (Å²) in [4.78, 5) is 13.6. The smallest absolute Gasteiger partial charge is 0.310 e. The number of aliphatic carboxylic acids is 1. The molecule has 0 bridgehead atoms. The maximum absolute atomic E-state index is 11.5. The maximum Gasteiger partial charge on any atom is 0.310 e. The summed E-state index contributed by atoms with van der Waals surface area (Å²) in [6.45, 7) is 5.38. The molecule has 0 spiro atoms. The first-order valence-electron chi connectivity index (χ1n) is 6.46. The number of nitrogens with zero attached hydrogens (tertiary/aromatic N) is 2. The molecule has 1 aliphatic rings. The Kier molecular flexibility index (Phi) is 4.95. The normalized spacial score (nSPS) is 27.4. The van der Waals surface area contributed by atoms with Gasteiger partial charge in [-0.15, -0.1) is 0 Å². The molecule has 2 atom stereocenters. The van der Waals surface area contributed by atoms with E-state index >= 15 is 0 Å². The lowest BCUT2D eigenvalue weighted by atomic mass is 9.76. The number of carboxylic acids is 1. The number of likely N-dealkylation sites (tertiary alicyclic amines) is 1. The Morgan fingerprint density at radius 2 is 2.29 bits per heavy atom. The fourth-order valence-corrected chi connectivity index (χ4v) is 2.83. The SMILES string of the molecule is CCCC1(C(=O)O)CCCN(C(C#N)CC)C1. The first-order chi connectivity index (χ1) is 8.09. The van der Waals surface area contributed by atoms with E-state index in [1.807, 2.05) is 18.7 Å². The van der Waals surface area contributed by atoms with Gasteiger partial charge in [0, 0.05) is 6.54 Å². The van der Waals surface area contributed by atoms with Crippen LogP contribution in [0.4, 0.5) is 0 Å². The molecule has 0 amide bonds. The van der Waals surface area contributed by atoms with Gasteiger partial charge in [0.05, 0.1) is 17.5 Å². The summed E-state index contributed by atoms with van der Waals surface area (Å²) in [6, 6.07) is 2.14. The number of carbonyl (C=O) groups is 1. The van der Waals surface area contributed by atoms with Crippen LogP contribution in [-0.4, -0.2) is 35.1 Å². The zero-order chi connectivity index (χ0) is 12.9. The van der Waals surface area contributed by atoms with E-state index in [2.05, 4.69) is 6.07 Å². The average Bonchev–Trinajstić information content (AvgIpc) is 2.31. The van der Waals surface area contributed by atoms with Gasteiger partial charge in [-0.25, -0.2) is 0 Å². The number of rotatable bonds is 5. The molecular formula is C13H22N2O2. The Balaban J connectivity index is 2.82. The van der Waals surface area contributed by atoms with Crippen molar-refractivity contribution in [1.82, 2.24) is 4.90 Å². The van der Waals surface area contributed by atoms with Gasteiger partial charge in [-0.3, -0.25) is 9.69 Å². The Hall–Kier alpha value is -1.08. The van der Waals surface area contributed by atoms with E-state index < -0.39 is 11.4 Å². The van der Waals surface area contributed by atoms with Crippen LogP contribution >= 0.6 is 0 Å². The van der Waals surface area contributed by atoms with Crippen LogP contribution in [0.25, 0.3) is 0 Å². The molecule has 1 N–H and O–H groups in total. The van der Waals surface area contributed by atoms with Crippen molar-refractivity contribution in [3.63, 3.8) is 0 Å². The quantitative estimate of drug-likeness (QED) is 0.798. The lowest BCUT2D eigenvalue weighted by Gasteiger charge is -2.41. The zero-order valence-electron chi connectivity index (χ0n) is 10.8. The van der Waals surface area contributed by atoms with Gasteiger partial charge in [0.1, 0.15) is 0 Å². The van der Waals surface area contributed by atoms with E-state index in [4.69, 9.17) is 5.26 Å². The van der Waals surface area contributed by atoms with E-state index in [1.54, 1.807) is 0 Å². The molecule has 1 aliphatic heterocycles. The predicted molar refractivity (Wildman–Crippen MR) is 65.5 cm³/mol. The largest absolute Gasteiger partial charge is 0.481 e. The molecule has 0 radical (unpaired) electrons. The number of hydrogen-bond donors (Lipinski definition) is 1. The van der Waals surface area contributed by atoms with Crippen LogP contribution in [0.15, 0.2) is 0 Å². The molecular weight excluding hydrogens is 216 g/mol. The summed E-state index contributed by atoms with van der Waals surface area (Å²) in [5.74, 6) is -0.697. The summed E-state index contributed by atoms with van der Waals surface area (Å²) < 4.78 is 0. The summed E-state index contributed by atoms with van der Waals surface area (Å²) in [5.41, 5.74) is -0.628. The molecule has 4 nitrogen and oxygen atoms in total. The Bertz CT molecular complexity index is 307. The number of piperidine rings is 1. The standard InChI is InChI=1S/C13H22N2O2/c1-3-6-13(12(16)17)7-5-8-15(10-13)11(4-2)9-14/h11H,3-8,10H2,1-2H3,(H,16,17). The second-order valence-electron chi connectivity index (χ2n) is 4.96. The fraction of sp³-hybridized carbons (Fsp3) is 0.846. The Morgan fingerprint density at radius 1 is 1.59 bits per heavy atom. The van der Waals surface area contributed by atoms with Crippen molar-refractivity contribution in [3.8, 4) is 6.07 Å². The molecule has 17 heavy (non-hydrogen) atoms. The Morgan fingerprint density at radius 3 is 2.76 bits per heavy atom. The first-order valence-corrected chi connectivity index (χ1v) is 6.46. The van der Waals surface area contributed by atoms with Crippen LogP contribution in [0, 0.1) is 16.7 Å². The van der Waals surface area contributed by atoms with Crippen LogP contribution in [0.5, 0.6) is 0 Å². The highest BCUT2D eigenvalue weighted by molar-refractivity contribution is 5.75. The molecule has 1 fully saturated rings. The van der Waals surface area contributed by atoms with E-state index in [9.17, 15) is 9.90 Å². The highest BCUT2D eigenvalue weighted by Gasteiger charge is 2.42. The van der Waals surface area contributed by atoms with Gasteiger partial charge in [-0.2, -0.15) is 5.26 Å². The molecule has 1 heterocycles. The van der Waals surface area contributed by atoms with Crippen LogP contribution in [0.3, 0.4) is 0 Å². The van der Waals surface area contributed by atoms with Crippen LogP contribution in [-0.2, 0) is 4.79 Å². The van der Waals surface area contributed by atoms with E-state index in [1.165, 1.54) is 0 Å². The topological polar surface area (TPSA) is 64.3 Å². The second-order valence-corrected chi connectivity index (χ2v) is 4.96. The third-order valence-electron chi connectivity index (χ3n) is 3.77. The summed E-state index contributed by atoms with van der Waals surface area (Å²) in [5, 5.41) is 18.5. The second kappa shape index (κ2) is 6.02. The van der Waals surface area contributed by atoms with Gasteiger partial charge < -0.3 is 5.11 Å². The van der Waals surface area contributed by atoms with Gasteiger partial charge >= 0.3 is 5.97 Å². The van der Waals surface area contributed by atoms with Crippen LogP contribution in [0.2, 0.25) is 0 Å². The minimum atomic E-state index is -0.697. The van der Waals surface area contributed by atoms with Crippen LogP contribution < -0.4 is 0 Å². The highest BCUT2D eigenvalue weighted by atomic mass is 16.4. The summed E-state index contributed by atoms with van der Waals surface area (Å²) >= 11 is 0. The maximum atomic E-state index is 11.5. The van der Waals surface area contributed by atoms with Crippen molar-refractivity contribution in [3.05, 3.63) is 0 Å². The molecule has 0 aromatic heterocycles. The number of carboxylic acid groups (broad SMARTS) is 1. The minimum Gasteiger partial charge on any atom is -0.481 e. The van der Waals surface area contributed by atoms with Crippen molar-refractivity contribution in [2.45, 2.75) is 52.0 Å². The minimum absolute atomic E-state index is 0.133. The fourth-order valence-electron chi connectivity index (χ4n) is 2.83. The summed E-state index contributed by atoms with van der Waals surface area (Å²) in [6.07, 6.45) is 3.97. The molecule has 0 saturated carbocycles. The van der Waals surface area contributed by atoms with E-state index in [0.29, 0.717) is 13.0 Å². The molecule has 96 valence electrons. The lowest BCUT2D eigenvalue weighted by Crippen LogP contribution is -2.50. The van der Waals surface area contributed by atoms with Gasteiger partial charge in [-0.05, 0) is 32.2 Å². The molecule has 1 saturated heterocycles. The van der Waals surface area contributed by atoms with Crippen molar-refractivity contribution in [1.29, 1.82) is 5.26 Å². The summed E-state index contributed by atoms with van der Waals surface area (Å²) in [7, 11) is 0. The Labute approximate surface area is 103 Å². The third-order valence-corrected chi connectivity index (χ3v) is 3.77. The van der Waals surface area contributed by atoms with Crippen molar-refractivity contribution < 1.29 is 9.90 Å². The molecule has 4 heteroatoms. The zero-order valence-corrected chi connectivity index (χ0v) is 10.8. The van der Waals surface area contributed by atoms with E-state index in [0.717, 1.165) is 32.2 Å². The number of nitriles is 1. The first kappa shape index (κ1) is 14.0. The van der Waals surface area contributed by atoms with E-state index in [-0.39, 0.29) is 6.04 Å². The van der Waals surface area contributed by atoms with Crippen molar-refractivity contribution >= 4 is 5.97 Å². The molecule has 0 aromatic rings. The van der Waals surface area contributed by atoms with Gasteiger partial charge in [-0.1, -0.05) is 20.3 Å². The lowest BCUT2D eigenvalue weighted by molar-refractivity contribution is -0.153. The van der Waals surface area contributed by atoms with Gasteiger partial charge in [0.2, 0.25) is 0 Å². The van der Waals surface area contributed by atoms with Crippen molar-refractivity contribution in [2.75, 3.05) is 13.1 Å². The number of hydrogen-bond acceptors (Lipinski definition) is 3. The molecule has 0 aromatic carbocycles. The van der Waals surface area contributed by atoms with Gasteiger partial charge in [0.15, 0.2) is 0 Å². The predicted octanol–water partition coefficient (Wildman–Crippen LogP) is 2.26. The van der Waals surface area contributed by atoms with Crippen LogP contribution in [0.1, 0.15) is 46.0 Å². The van der Waals surface area contributed by atoms with Gasteiger partial charge in [0.25, 0.3) is 0 Å². The molecule has 2 unspecified atom stereocenters. The third kappa shape index (κ3) is 2.98. The average molecular weight is 238 g/mol. The highest BCUT2D eigenvalue weighted by Crippen LogP contribution is 2.35. The molecule has 1 rings (SSSR count). The molecule has 0 aliphatic carbocycles. The van der Waals surface area contributed by atoms with Crippen molar-refractivity contribution in [2.24, 2.45) is 5.41 Å².